The van der Waals surface area contributed by atoms with E-state index in [2.05, 4.69) is 28.1 Å². The number of fused-ring (bicyclic) bond motifs is 5. The lowest BCUT2D eigenvalue weighted by Crippen LogP contribution is -2.51. The Morgan fingerprint density at radius 3 is 2.48 bits per heavy atom. The van der Waals surface area contributed by atoms with E-state index in [-0.39, 0.29) is 30.8 Å². The van der Waals surface area contributed by atoms with E-state index >= 15 is 0 Å². The van der Waals surface area contributed by atoms with Gasteiger partial charge in [0.15, 0.2) is 0 Å². The molecule has 0 amide bonds. The van der Waals surface area contributed by atoms with Crippen LogP contribution in [0.3, 0.4) is 0 Å². The van der Waals surface area contributed by atoms with Crippen LogP contribution in [0.25, 0.3) is 10.9 Å². The number of hydrogen-bond acceptors (Lipinski definition) is 5. The number of piperidine rings is 1. The molecule has 0 bridgehead atoms. The fraction of sp³-hybridized carbons (Fsp3) is 0.565. The highest BCUT2D eigenvalue weighted by molar-refractivity contribution is 5.85. The number of hydrogen-bond donors (Lipinski definition) is 1. The number of rotatable bonds is 6. The first-order valence-corrected chi connectivity index (χ1v) is 10.7. The minimum atomic E-state index is -0.521. The zero-order valence-electron chi connectivity index (χ0n) is 17.3. The van der Waals surface area contributed by atoms with Crippen molar-refractivity contribution in [2.45, 2.75) is 52.0 Å². The maximum Gasteiger partial charge on any atom is 0.306 e. The molecule has 2 aromatic rings. The van der Waals surface area contributed by atoms with Gasteiger partial charge in [-0.1, -0.05) is 18.2 Å². The Balaban J connectivity index is 1.80. The average Bonchev–Trinajstić information content (AvgIpc) is 3.07. The molecule has 1 N–H and O–H groups in total. The summed E-state index contributed by atoms with van der Waals surface area (Å²) in [4.78, 5) is 31.3. The number of carbonyl (C=O) groups is 2. The van der Waals surface area contributed by atoms with Crippen molar-refractivity contribution < 1.29 is 19.1 Å². The second-order valence-electron chi connectivity index (χ2n) is 8.18. The summed E-state index contributed by atoms with van der Waals surface area (Å²) in [6.45, 7) is 6.25. The van der Waals surface area contributed by atoms with E-state index < -0.39 is 5.41 Å². The summed E-state index contributed by atoms with van der Waals surface area (Å²) in [7, 11) is 0. The SMILES string of the molecule is CCOC(=O)CC1(CC(=O)OCC)CCCN2CCc3c([nH]c4ccccc34)C21. The predicted molar refractivity (Wildman–Crippen MR) is 110 cm³/mol. The van der Waals surface area contributed by atoms with E-state index in [1.807, 2.05) is 19.9 Å². The van der Waals surface area contributed by atoms with Crippen LogP contribution in [0.4, 0.5) is 0 Å². The van der Waals surface area contributed by atoms with Crippen LogP contribution in [0.2, 0.25) is 0 Å². The molecule has 3 heterocycles. The molecule has 0 aliphatic carbocycles. The van der Waals surface area contributed by atoms with Crippen LogP contribution in [0.1, 0.15) is 56.8 Å². The standard InChI is InChI=1S/C23H30N2O4/c1-3-28-19(26)14-23(15-20(27)29-4-2)11-7-12-25-13-10-17-16-8-5-6-9-18(16)24-21(17)22(23)25/h5-6,8-9,22,24H,3-4,7,10-15H2,1-2H3. The molecule has 4 rings (SSSR count). The smallest absolute Gasteiger partial charge is 0.306 e. The Morgan fingerprint density at radius 2 is 1.79 bits per heavy atom. The lowest BCUT2D eigenvalue weighted by atomic mass is 9.65. The maximum absolute atomic E-state index is 12.6. The number of ether oxygens (including phenoxy) is 2. The molecule has 1 aromatic carbocycles. The molecule has 156 valence electrons. The third-order valence-electron chi connectivity index (χ3n) is 6.44. The maximum atomic E-state index is 12.6. The average molecular weight is 399 g/mol. The highest BCUT2D eigenvalue weighted by Crippen LogP contribution is 2.53. The zero-order chi connectivity index (χ0) is 20.4. The van der Waals surface area contributed by atoms with Crippen molar-refractivity contribution in [2.75, 3.05) is 26.3 Å². The highest BCUT2D eigenvalue weighted by atomic mass is 16.5. The number of nitrogens with zero attached hydrogens (tertiary/aromatic N) is 1. The lowest BCUT2D eigenvalue weighted by Gasteiger charge is -2.51. The topological polar surface area (TPSA) is 71.6 Å². The van der Waals surface area contributed by atoms with Crippen LogP contribution in [0.15, 0.2) is 24.3 Å². The van der Waals surface area contributed by atoms with E-state index in [1.165, 1.54) is 10.9 Å². The highest BCUT2D eigenvalue weighted by Gasteiger charge is 2.51. The molecule has 1 atom stereocenters. The molecule has 29 heavy (non-hydrogen) atoms. The number of benzene rings is 1. The Labute approximate surface area is 171 Å². The number of aromatic amines is 1. The first kappa shape index (κ1) is 20.0. The molecule has 2 aliphatic rings. The molecule has 0 spiro atoms. The van der Waals surface area contributed by atoms with Crippen LogP contribution >= 0.6 is 0 Å². The second-order valence-corrected chi connectivity index (χ2v) is 8.18. The molecule has 1 unspecified atom stereocenters. The van der Waals surface area contributed by atoms with E-state index in [1.54, 1.807) is 0 Å². The summed E-state index contributed by atoms with van der Waals surface area (Å²) in [5.41, 5.74) is 3.07. The molecular weight excluding hydrogens is 368 g/mol. The van der Waals surface area contributed by atoms with Crippen molar-refractivity contribution in [1.82, 2.24) is 9.88 Å². The predicted octanol–water partition coefficient (Wildman–Crippen LogP) is 3.75. The summed E-state index contributed by atoms with van der Waals surface area (Å²) in [6, 6.07) is 8.34. The summed E-state index contributed by atoms with van der Waals surface area (Å²) >= 11 is 0. The van der Waals surface area contributed by atoms with E-state index in [9.17, 15) is 9.59 Å². The van der Waals surface area contributed by atoms with Gasteiger partial charge in [-0.15, -0.1) is 0 Å². The Hall–Kier alpha value is -2.34. The van der Waals surface area contributed by atoms with Crippen molar-refractivity contribution >= 4 is 22.8 Å². The van der Waals surface area contributed by atoms with Crippen molar-refractivity contribution in [3.8, 4) is 0 Å². The van der Waals surface area contributed by atoms with Gasteiger partial charge in [0.1, 0.15) is 0 Å². The van der Waals surface area contributed by atoms with E-state index in [0.717, 1.165) is 43.6 Å². The molecule has 1 saturated heterocycles. The van der Waals surface area contributed by atoms with Gasteiger partial charge in [0.25, 0.3) is 0 Å². The van der Waals surface area contributed by atoms with Gasteiger partial charge in [0.2, 0.25) is 0 Å². The van der Waals surface area contributed by atoms with Crippen LogP contribution < -0.4 is 0 Å². The molecule has 2 aliphatic heterocycles. The van der Waals surface area contributed by atoms with Gasteiger partial charge in [-0.05, 0) is 51.3 Å². The summed E-state index contributed by atoms with van der Waals surface area (Å²) in [5, 5.41) is 1.24. The van der Waals surface area contributed by atoms with Gasteiger partial charge in [-0.2, -0.15) is 0 Å². The van der Waals surface area contributed by atoms with Crippen LogP contribution in [0, 0.1) is 5.41 Å². The second kappa shape index (κ2) is 8.19. The Morgan fingerprint density at radius 1 is 1.10 bits per heavy atom. The molecule has 1 fully saturated rings. The third kappa shape index (κ3) is 3.66. The van der Waals surface area contributed by atoms with Gasteiger partial charge in [-0.3, -0.25) is 14.5 Å². The van der Waals surface area contributed by atoms with Crippen molar-refractivity contribution in [3.05, 3.63) is 35.5 Å². The number of aromatic nitrogens is 1. The monoisotopic (exact) mass is 398 g/mol. The van der Waals surface area contributed by atoms with Gasteiger partial charge in [0, 0.05) is 28.6 Å². The minimum Gasteiger partial charge on any atom is -0.466 e. The largest absolute Gasteiger partial charge is 0.466 e. The van der Waals surface area contributed by atoms with Crippen molar-refractivity contribution in [3.63, 3.8) is 0 Å². The van der Waals surface area contributed by atoms with Gasteiger partial charge in [-0.25, -0.2) is 0 Å². The lowest BCUT2D eigenvalue weighted by molar-refractivity contribution is -0.155. The minimum absolute atomic E-state index is 0.0128. The Kier molecular flexibility index (Phi) is 5.63. The van der Waals surface area contributed by atoms with E-state index in [0.29, 0.717) is 13.2 Å². The summed E-state index contributed by atoms with van der Waals surface area (Å²) < 4.78 is 10.6. The fourth-order valence-electron chi connectivity index (χ4n) is 5.43. The van der Waals surface area contributed by atoms with Crippen molar-refractivity contribution in [2.24, 2.45) is 5.41 Å². The van der Waals surface area contributed by atoms with Gasteiger partial charge >= 0.3 is 11.9 Å². The first-order chi connectivity index (χ1) is 14.1. The number of nitrogens with one attached hydrogen (secondary N) is 1. The fourth-order valence-corrected chi connectivity index (χ4v) is 5.43. The zero-order valence-corrected chi connectivity index (χ0v) is 17.3. The molecule has 0 saturated carbocycles. The number of para-hydroxylation sites is 1. The van der Waals surface area contributed by atoms with Gasteiger partial charge in [0.05, 0.1) is 32.1 Å². The number of carbonyl (C=O) groups excluding carboxylic acids is 2. The van der Waals surface area contributed by atoms with Crippen molar-refractivity contribution in [1.29, 1.82) is 0 Å². The quantitative estimate of drug-likeness (QED) is 0.751. The number of esters is 2. The van der Waals surface area contributed by atoms with Crippen LogP contribution in [0.5, 0.6) is 0 Å². The summed E-state index contributed by atoms with van der Waals surface area (Å²) in [5.74, 6) is -0.469. The molecular formula is C23H30N2O4. The van der Waals surface area contributed by atoms with Crippen LogP contribution in [-0.2, 0) is 25.5 Å². The normalized spacial score (nSPS) is 20.7. The van der Waals surface area contributed by atoms with Gasteiger partial charge < -0.3 is 14.5 Å². The molecule has 6 heteroatoms. The number of H-pyrrole nitrogens is 1. The molecule has 0 radical (unpaired) electrons. The van der Waals surface area contributed by atoms with Crippen LogP contribution in [-0.4, -0.2) is 48.1 Å². The molecule has 1 aromatic heterocycles. The summed E-state index contributed by atoms with van der Waals surface area (Å²) in [6.07, 6.45) is 3.21. The third-order valence-corrected chi connectivity index (χ3v) is 6.44. The Bertz CT molecular complexity index is 883. The van der Waals surface area contributed by atoms with E-state index in [4.69, 9.17) is 9.47 Å². The first-order valence-electron chi connectivity index (χ1n) is 10.7. The molecule has 6 nitrogen and oxygen atoms in total.